The first-order chi connectivity index (χ1) is 13.3. The number of amides is 1. The minimum Gasteiger partial charge on any atom is -0.463 e. The van der Waals surface area contributed by atoms with Gasteiger partial charge < -0.3 is 9.32 Å². The molecule has 0 spiro atoms. The minimum atomic E-state index is 0.313. The van der Waals surface area contributed by atoms with Crippen molar-refractivity contribution in [3.8, 4) is 11.5 Å². The summed E-state index contributed by atoms with van der Waals surface area (Å²) in [5.74, 6) is 1.14. The van der Waals surface area contributed by atoms with Crippen LogP contribution in [0.25, 0.3) is 11.5 Å². The molecule has 2 fully saturated rings. The van der Waals surface area contributed by atoms with E-state index in [1.165, 1.54) is 12.8 Å². The van der Waals surface area contributed by atoms with Crippen molar-refractivity contribution in [2.75, 3.05) is 45.8 Å². The van der Waals surface area contributed by atoms with Crippen LogP contribution >= 0.6 is 11.3 Å². The number of likely N-dealkylation sites (tertiary alicyclic amines) is 1. The van der Waals surface area contributed by atoms with E-state index in [0.29, 0.717) is 12.5 Å². The lowest BCUT2D eigenvalue weighted by molar-refractivity contribution is -0.132. The molecule has 0 radical (unpaired) electrons. The van der Waals surface area contributed by atoms with Crippen LogP contribution in [0, 0.1) is 0 Å². The molecule has 0 N–H and O–H groups in total. The van der Waals surface area contributed by atoms with Gasteiger partial charge in [-0.15, -0.1) is 11.3 Å². The fraction of sp³-hybridized carbons (Fsp3) is 0.600. The van der Waals surface area contributed by atoms with E-state index in [0.717, 1.165) is 75.1 Å². The summed E-state index contributed by atoms with van der Waals surface area (Å²) in [6.45, 7) is 7.23. The first kappa shape index (κ1) is 18.7. The predicted molar refractivity (Wildman–Crippen MR) is 107 cm³/mol. The first-order valence-electron chi connectivity index (χ1n) is 9.99. The summed E-state index contributed by atoms with van der Waals surface area (Å²) in [6.07, 6.45) is 6.53. The maximum Gasteiger partial charge on any atom is 0.236 e. The van der Waals surface area contributed by atoms with E-state index in [4.69, 9.17) is 9.40 Å². The molecule has 7 heteroatoms. The van der Waals surface area contributed by atoms with Gasteiger partial charge in [0, 0.05) is 44.6 Å². The smallest absolute Gasteiger partial charge is 0.236 e. The van der Waals surface area contributed by atoms with E-state index < -0.39 is 0 Å². The molecule has 0 aromatic carbocycles. The largest absolute Gasteiger partial charge is 0.463 e. The van der Waals surface area contributed by atoms with Crippen molar-refractivity contribution < 1.29 is 9.21 Å². The lowest BCUT2D eigenvalue weighted by Crippen LogP contribution is -2.49. The van der Waals surface area contributed by atoms with Gasteiger partial charge in [-0.25, -0.2) is 4.98 Å². The Morgan fingerprint density at radius 2 is 1.78 bits per heavy atom. The van der Waals surface area contributed by atoms with Crippen LogP contribution in [0.2, 0.25) is 0 Å². The monoisotopic (exact) mass is 388 g/mol. The normalized spacial score (nSPS) is 19.9. The fourth-order valence-corrected chi connectivity index (χ4v) is 4.65. The zero-order valence-corrected chi connectivity index (χ0v) is 16.6. The standard InChI is InChI=1S/C20H28N4O2S/c25-20(24-7-3-1-2-4-8-24)15-23-11-9-22(10-12-23)14-19-21-17(16-27-19)18-6-5-13-26-18/h5-6,13,16H,1-4,7-12,14-15H2. The van der Waals surface area contributed by atoms with E-state index in [-0.39, 0.29) is 0 Å². The van der Waals surface area contributed by atoms with Crippen LogP contribution in [-0.4, -0.2) is 71.4 Å². The number of piperazine rings is 1. The molecule has 4 heterocycles. The van der Waals surface area contributed by atoms with Crippen molar-refractivity contribution in [3.63, 3.8) is 0 Å². The number of hydrogen-bond acceptors (Lipinski definition) is 6. The molecule has 6 nitrogen and oxygen atoms in total. The second kappa shape index (κ2) is 8.99. The maximum absolute atomic E-state index is 12.6. The van der Waals surface area contributed by atoms with Gasteiger partial charge in [0.1, 0.15) is 10.7 Å². The Kier molecular flexibility index (Phi) is 6.21. The van der Waals surface area contributed by atoms with Gasteiger partial charge in [0.15, 0.2) is 5.76 Å². The number of hydrogen-bond donors (Lipinski definition) is 0. The van der Waals surface area contributed by atoms with E-state index in [1.807, 2.05) is 12.1 Å². The summed E-state index contributed by atoms with van der Waals surface area (Å²) in [7, 11) is 0. The van der Waals surface area contributed by atoms with E-state index in [1.54, 1.807) is 17.6 Å². The van der Waals surface area contributed by atoms with Crippen LogP contribution in [0.4, 0.5) is 0 Å². The van der Waals surface area contributed by atoms with Crippen LogP contribution < -0.4 is 0 Å². The molecule has 0 saturated carbocycles. The molecule has 27 heavy (non-hydrogen) atoms. The lowest BCUT2D eigenvalue weighted by Gasteiger charge is -2.34. The highest BCUT2D eigenvalue weighted by molar-refractivity contribution is 7.09. The molecule has 146 valence electrons. The number of aromatic nitrogens is 1. The SMILES string of the molecule is O=C(CN1CCN(Cc2nc(-c3ccco3)cs2)CC1)N1CCCCCC1. The summed E-state index contributed by atoms with van der Waals surface area (Å²) in [5, 5.41) is 3.18. The van der Waals surface area contributed by atoms with Gasteiger partial charge >= 0.3 is 0 Å². The molecule has 0 unspecified atom stereocenters. The Balaban J connectivity index is 1.22. The first-order valence-corrected chi connectivity index (χ1v) is 10.9. The third-order valence-corrected chi connectivity index (χ3v) is 6.30. The van der Waals surface area contributed by atoms with Crippen LogP contribution in [0.15, 0.2) is 28.2 Å². The number of nitrogens with zero attached hydrogens (tertiary/aromatic N) is 4. The molecule has 2 aliphatic heterocycles. The average Bonchev–Trinajstić information content (AvgIpc) is 3.29. The molecule has 1 amide bonds. The quantitative estimate of drug-likeness (QED) is 0.788. The number of furan rings is 1. The van der Waals surface area contributed by atoms with Crippen molar-refractivity contribution in [1.29, 1.82) is 0 Å². The molecule has 0 atom stereocenters. The number of thiazole rings is 1. The van der Waals surface area contributed by atoms with Crippen molar-refractivity contribution in [2.45, 2.75) is 32.2 Å². The summed E-state index contributed by atoms with van der Waals surface area (Å²) in [4.78, 5) is 24.1. The predicted octanol–water partition coefficient (Wildman–Crippen LogP) is 2.92. The van der Waals surface area contributed by atoms with Gasteiger partial charge in [-0.2, -0.15) is 0 Å². The molecule has 0 aliphatic carbocycles. The lowest BCUT2D eigenvalue weighted by atomic mass is 10.2. The van der Waals surface area contributed by atoms with E-state index in [9.17, 15) is 4.79 Å². The molecular formula is C20H28N4O2S. The topological polar surface area (TPSA) is 52.8 Å². The highest BCUT2D eigenvalue weighted by Crippen LogP contribution is 2.23. The molecule has 2 aromatic heterocycles. The minimum absolute atomic E-state index is 0.313. The average molecular weight is 389 g/mol. The zero-order chi connectivity index (χ0) is 18.5. The van der Waals surface area contributed by atoms with Gasteiger partial charge in [0.2, 0.25) is 5.91 Å². The molecular weight excluding hydrogens is 360 g/mol. The second-order valence-electron chi connectivity index (χ2n) is 7.45. The van der Waals surface area contributed by atoms with E-state index >= 15 is 0 Å². The second-order valence-corrected chi connectivity index (χ2v) is 8.39. The zero-order valence-electron chi connectivity index (χ0n) is 15.8. The fourth-order valence-electron chi connectivity index (χ4n) is 3.83. The van der Waals surface area contributed by atoms with Crippen molar-refractivity contribution >= 4 is 17.2 Å². The van der Waals surface area contributed by atoms with Gasteiger partial charge in [0.25, 0.3) is 0 Å². The summed E-state index contributed by atoms with van der Waals surface area (Å²) in [6, 6.07) is 3.83. The summed E-state index contributed by atoms with van der Waals surface area (Å²) in [5.41, 5.74) is 0.918. The van der Waals surface area contributed by atoms with E-state index in [2.05, 4.69) is 20.1 Å². The number of carbonyl (C=O) groups excluding carboxylic acids is 1. The highest BCUT2D eigenvalue weighted by Gasteiger charge is 2.23. The Morgan fingerprint density at radius 3 is 2.48 bits per heavy atom. The summed E-state index contributed by atoms with van der Waals surface area (Å²) >= 11 is 1.69. The molecule has 4 rings (SSSR count). The van der Waals surface area contributed by atoms with Crippen LogP contribution in [-0.2, 0) is 11.3 Å². The maximum atomic E-state index is 12.6. The van der Waals surface area contributed by atoms with Crippen LogP contribution in [0.3, 0.4) is 0 Å². The Morgan fingerprint density at radius 1 is 1.04 bits per heavy atom. The van der Waals surface area contributed by atoms with Gasteiger partial charge in [0.05, 0.1) is 19.4 Å². The molecule has 2 aliphatic rings. The third kappa shape index (κ3) is 4.97. The third-order valence-electron chi connectivity index (χ3n) is 5.47. The van der Waals surface area contributed by atoms with Gasteiger partial charge in [-0.3, -0.25) is 14.6 Å². The highest BCUT2D eigenvalue weighted by atomic mass is 32.1. The molecule has 2 saturated heterocycles. The molecule has 2 aromatic rings. The van der Waals surface area contributed by atoms with Crippen molar-refractivity contribution in [2.24, 2.45) is 0 Å². The van der Waals surface area contributed by atoms with Gasteiger partial charge in [-0.1, -0.05) is 12.8 Å². The van der Waals surface area contributed by atoms with Crippen LogP contribution in [0.1, 0.15) is 30.7 Å². The summed E-state index contributed by atoms with van der Waals surface area (Å²) < 4.78 is 5.42. The number of rotatable bonds is 5. The Hall–Kier alpha value is -1.70. The number of carbonyl (C=O) groups is 1. The van der Waals surface area contributed by atoms with Crippen molar-refractivity contribution in [1.82, 2.24) is 19.7 Å². The molecule has 0 bridgehead atoms. The van der Waals surface area contributed by atoms with Gasteiger partial charge in [-0.05, 0) is 25.0 Å². The van der Waals surface area contributed by atoms with Crippen molar-refractivity contribution in [3.05, 3.63) is 28.8 Å². The van der Waals surface area contributed by atoms with Crippen LogP contribution in [0.5, 0.6) is 0 Å². The Labute approximate surface area is 164 Å². The Bertz CT molecular complexity index is 714.